The fourth-order valence-corrected chi connectivity index (χ4v) is 1.88. The second kappa shape index (κ2) is 3.53. The van der Waals surface area contributed by atoms with Crippen LogP contribution in [-0.2, 0) is 0 Å². The van der Waals surface area contributed by atoms with Crippen molar-refractivity contribution in [2.45, 2.75) is 26.2 Å². The van der Waals surface area contributed by atoms with E-state index in [4.69, 9.17) is 0 Å². The Kier molecular flexibility index (Phi) is 2.94. The topological polar surface area (TPSA) is 3.24 Å². The summed E-state index contributed by atoms with van der Waals surface area (Å²) in [6, 6.07) is 0. The Labute approximate surface area is 60.1 Å². The van der Waals surface area contributed by atoms with Gasteiger partial charge in [-0.15, -0.1) is 0 Å². The summed E-state index contributed by atoms with van der Waals surface area (Å²) in [7, 11) is 2.74. The maximum Gasteiger partial charge on any atom is 0.00570 e. The van der Waals surface area contributed by atoms with Crippen LogP contribution in [0.25, 0.3) is 0 Å². The van der Waals surface area contributed by atoms with Gasteiger partial charge in [-0.2, -0.15) is 0 Å². The molecule has 1 heterocycles. The summed E-state index contributed by atoms with van der Waals surface area (Å²) in [5.41, 5.74) is 0. The van der Waals surface area contributed by atoms with E-state index in [9.17, 15) is 0 Å². The second-order valence-electron chi connectivity index (χ2n) is 2.96. The first-order valence-electron chi connectivity index (χ1n) is 3.82. The molecule has 1 saturated heterocycles. The molecule has 1 fully saturated rings. The van der Waals surface area contributed by atoms with Crippen LogP contribution in [0.4, 0.5) is 0 Å². The summed E-state index contributed by atoms with van der Waals surface area (Å²) in [5.74, 6) is 1.02. The van der Waals surface area contributed by atoms with E-state index in [1.807, 2.05) is 0 Å². The van der Waals surface area contributed by atoms with Gasteiger partial charge in [-0.3, -0.25) is 4.67 Å². The zero-order chi connectivity index (χ0) is 6.69. The van der Waals surface area contributed by atoms with Crippen molar-refractivity contribution in [3.63, 3.8) is 0 Å². The van der Waals surface area contributed by atoms with Crippen LogP contribution in [0.1, 0.15) is 26.2 Å². The average molecular weight is 145 g/mol. The first-order valence-corrected chi connectivity index (χ1v) is 4.34. The van der Waals surface area contributed by atoms with E-state index in [1.54, 1.807) is 0 Å². The molecule has 0 aliphatic carbocycles. The van der Waals surface area contributed by atoms with Gasteiger partial charge >= 0.3 is 0 Å². The number of rotatable bonds is 3. The van der Waals surface area contributed by atoms with Gasteiger partial charge in [0, 0.05) is 13.1 Å². The normalized spacial score (nSPS) is 22.0. The van der Waals surface area contributed by atoms with Crippen molar-refractivity contribution in [2.75, 3.05) is 13.1 Å². The standard InChI is InChI=1S/C7H16NP/c1-2-3-4-7-5-8(9)6-7/h7H,2-6,9H2,1H3. The highest BCUT2D eigenvalue weighted by Crippen LogP contribution is 2.23. The number of unbranched alkanes of at least 4 members (excludes halogenated alkanes) is 1. The Balaban J connectivity index is 1.91. The van der Waals surface area contributed by atoms with Crippen LogP contribution in [0.15, 0.2) is 0 Å². The molecule has 0 amide bonds. The molecule has 1 atom stereocenters. The maximum atomic E-state index is 2.74. The van der Waals surface area contributed by atoms with Crippen LogP contribution < -0.4 is 0 Å². The monoisotopic (exact) mass is 145 g/mol. The summed E-state index contributed by atoms with van der Waals surface area (Å²) in [5, 5.41) is 0. The quantitative estimate of drug-likeness (QED) is 0.548. The van der Waals surface area contributed by atoms with E-state index < -0.39 is 0 Å². The highest BCUT2D eigenvalue weighted by Gasteiger charge is 2.21. The SMILES string of the molecule is CCCCC1CN(P)C1. The summed E-state index contributed by atoms with van der Waals surface area (Å²) >= 11 is 0. The average Bonchev–Trinajstić information content (AvgIpc) is 1.78. The van der Waals surface area contributed by atoms with Crippen molar-refractivity contribution in [1.29, 1.82) is 0 Å². The van der Waals surface area contributed by atoms with E-state index >= 15 is 0 Å². The summed E-state index contributed by atoms with van der Waals surface area (Å²) in [6.07, 6.45) is 4.22. The number of nitrogens with zero attached hydrogens (tertiary/aromatic N) is 1. The van der Waals surface area contributed by atoms with Crippen LogP contribution in [0.3, 0.4) is 0 Å². The van der Waals surface area contributed by atoms with Crippen molar-refractivity contribution in [3.8, 4) is 0 Å². The van der Waals surface area contributed by atoms with Gasteiger partial charge in [0.05, 0.1) is 0 Å². The molecule has 0 aromatic carbocycles. The van der Waals surface area contributed by atoms with Gasteiger partial charge < -0.3 is 0 Å². The van der Waals surface area contributed by atoms with Crippen LogP contribution in [0, 0.1) is 5.92 Å². The highest BCUT2D eigenvalue weighted by atomic mass is 31.0. The van der Waals surface area contributed by atoms with Gasteiger partial charge in [-0.1, -0.05) is 29.2 Å². The Hall–Kier alpha value is 0.390. The minimum atomic E-state index is 1.02. The molecule has 1 aliphatic heterocycles. The zero-order valence-electron chi connectivity index (χ0n) is 6.14. The molecular weight excluding hydrogens is 129 g/mol. The smallest absolute Gasteiger partial charge is 0.00570 e. The van der Waals surface area contributed by atoms with E-state index in [0.717, 1.165) is 5.92 Å². The van der Waals surface area contributed by atoms with E-state index in [2.05, 4.69) is 21.0 Å². The minimum absolute atomic E-state index is 1.02. The molecular formula is C7H16NP. The summed E-state index contributed by atoms with van der Waals surface area (Å²) in [4.78, 5) is 0. The van der Waals surface area contributed by atoms with E-state index in [-0.39, 0.29) is 0 Å². The Morgan fingerprint density at radius 2 is 2.22 bits per heavy atom. The molecule has 1 aliphatic rings. The molecule has 0 radical (unpaired) electrons. The van der Waals surface area contributed by atoms with E-state index in [0.29, 0.717) is 0 Å². The minimum Gasteiger partial charge on any atom is -0.287 e. The molecule has 2 heteroatoms. The lowest BCUT2D eigenvalue weighted by atomic mass is 9.97. The molecule has 0 aromatic heterocycles. The molecule has 0 spiro atoms. The third-order valence-corrected chi connectivity index (χ3v) is 2.37. The Bertz CT molecular complexity index is 79.0. The van der Waals surface area contributed by atoms with Crippen molar-refractivity contribution in [2.24, 2.45) is 5.92 Å². The van der Waals surface area contributed by atoms with E-state index in [1.165, 1.54) is 32.4 Å². The van der Waals surface area contributed by atoms with Crippen molar-refractivity contribution < 1.29 is 0 Å². The van der Waals surface area contributed by atoms with Gasteiger partial charge in [-0.05, 0) is 12.3 Å². The molecule has 0 N–H and O–H groups in total. The Morgan fingerprint density at radius 3 is 2.67 bits per heavy atom. The summed E-state index contributed by atoms with van der Waals surface area (Å²) < 4.78 is 2.31. The lowest BCUT2D eigenvalue weighted by Gasteiger charge is -2.35. The molecule has 1 rings (SSSR count). The van der Waals surface area contributed by atoms with Crippen molar-refractivity contribution >= 4 is 9.39 Å². The van der Waals surface area contributed by atoms with Gasteiger partial charge in [-0.25, -0.2) is 0 Å². The molecule has 0 saturated carbocycles. The molecule has 54 valence electrons. The van der Waals surface area contributed by atoms with Gasteiger partial charge in [0.25, 0.3) is 0 Å². The fourth-order valence-electron chi connectivity index (χ4n) is 1.29. The molecule has 9 heavy (non-hydrogen) atoms. The molecule has 0 bridgehead atoms. The summed E-state index contributed by atoms with van der Waals surface area (Å²) in [6.45, 7) is 4.88. The fraction of sp³-hybridized carbons (Fsp3) is 1.00. The van der Waals surface area contributed by atoms with Crippen LogP contribution in [0.5, 0.6) is 0 Å². The predicted molar refractivity (Wildman–Crippen MR) is 44.3 cm³/mol. The molecule has 1 nitrogen and oxygen atoms in total. The van der Waals surface area contributed by atoms with Crippen LogP contribution in [-0.4, -0.2) is 17.8 Å². The van der Waals surface area contributed by atoms with Crippen LogP contribution >= 0.6 is 9.39 Å². The third-order valence-electron chi connectivity index (χ3n) is 1.95. The lowest BCUT2D eigenvalue weighted by molar-refractivity contribution is 0.203. The number of hydrogen-bond donors (Lipinski definition) is 0. The number of hydrogen-bond acceptors (Lipinski definition) is 1. The predicted octanol–water partition coefficient (Wildman–Crippen LogP) is 1.90. The highest BCUT2D eigenvalue weighted by molar-refractivity contribution is 7.13. The van der Waals surface area contributed by atoms with Crippen molar-refractivity contribution in [3.05, 3.63) is 0 Å². The third kappa shape index (κ3) is 2.23. The lowest BCUT2D eigenvalue weighted by Crippen LogP contribution is -2.39. The largest absolute Gasteiger partial charge is 0.287 e. The zero-order valence-corrected chi connectivity index (χ0v) is 7.29. The first kappa shape index (κ1) is 7.50. The van der Waals surface area contributed by atoms with Crippen molar-refractivity contribution in [1.82, 2.24) is 4.67 Å². The van der Waals surface area contributed by atoms with Crippen LogP contribution in [0.2, 0.25) is 0 Å². The maximum absolute atomic E-state index is 2.74. The molecule has 0 aromatic rings. The second-order valence-corrected chi connectivity index (χ2v) is 3.69. The van der Waals surface area contributed by atoms with Gasteiger partial charge in [0.15, 0.2) is 0 Å². The Morgan fingerprint density at radius 1 is 1.56 bits per heavy atom. The van der Waals surface area contributed by atoms with Gasteiger partial charge in [0.1, 0.15) is 0 Å². The first-order chi connectivity index (χ1) is 4.33. The molecule has 1 unspecified atom stereocenters. The van der Waals surface area contributed by atoms with Gasteiger partial charge in [0.2, 0.25) is 0 Å².